The number of hydrogen-bond donors (Lipinski definition) is 0. The molecule has 0 bridgehead atoms. The van der Waals surface area contributed by atoms with E-state index >= 15 is 0 Å². The molecule has 1 aliphatic heterocycles. The van der Waals surface area contributed by atoms with Crippen LogP contribution in [0.15, 0.2) is 94.9 Å². The molecule has 1 heterocycles. The number of nitrogens with zero attached hydrogens (tertiary/aromatic N) is 2. The third-order valence-corrected chi connectivity index (χ3v) is 5.39. The number of anilines is 1. The maximum absolute atomic E-state index is 6.08. The molecule has 1 aliphatic rings. The molecule has 3 aromatic carbocycles. The van der Waals surface area contributed by atoms with Crippen LogP contribution in [0.2, 0.25) is 5.02 Å². The molecule has 128 valence electrons. The second-order valence-electron chi connectivity index (χ2n) is 5.93. The maximum Gasteiger partial charge on any atom is 0.129 e. The zero-order valence-corrected chi connectivity index (χ0v) is 15.8. The van der Waals surface area contributed by atoms with Crippen LogP contribution in [0, 0.1) is 0 Å². The van der Waals surface area contributed by atoms with Crippen molar-refractivity contribution in [2.45, 2.75) is 6.92 Å². The summed E-state index contributed by atoms with van der Waals surface area (Å²) in [5.41, 5.74) is 4.33. The van der Waals surface area contributed by atoms with Gasteiger partial charge in [-0.1, -0.05) is 84.0 Å². The van der Waals surface area contributed by atoms with Crippen LogP contribution >= 0.6 is 23.4 Å². The fourth-order valence-electron chi connectivity index (χ4n) is 2.89. The zero-order valence-electron chi connectivity index (χ0n) is 14.3. The molecule has 0 N–H and O–H groups in total. The molecule has 0 aromatic heterocycles. The number of para-hydroxylation sites is 1. The second kappa shape index (κ2) is 7.40. The minimum Gasteiger partial charge on any atom is -0.231 e. The lowest BCUT2D eigenvalue weighted by molar-refractivity contribution is 1.09. The Bertz CT molecular complexity index is 964. The van der Waals surface area contributed by atoms with Gasteiger partial charge in [-0.15, -0.1) is 0 Å². The molecule has 0 unspecified atom stereocenters. The number of thioether (sulfide) groups is 1. The van der Waals surface area contributed by atoms with Crippen LogP contribution in [-0.4, -0.2) is 5.04 Å². The highest BCUT2D eigenvalue weighted by molar-refractivity contribution is 8.17. The predicted octanol–water partition coefficient (Wildman–Crippen LogP) is 6.64. The molecular weight excluding hydrogens is 360 g/mol. The van der Waals surface area contributed by atoms with Gasteiger partial charge in [0.2, 0.25) is 0 Å². The number of hydrogen-bond acceptors (Lipinski definition) is 3. The lowest BCUT2D eigenvalue weighted by atomic mass is 10.1. The smallest absolute Gasteiger partial charge is 0.129 e. The van der Waals surface area contributed by atoms with Gasteiger partial charge in [0.1, 0.15) is 5.04 Å². The first-order chi connectivity index (χ1) is 12.7. The maximum atomic E-state index is 6.08. The van der Waals surface area contributed by atoms with Gasteiger partial charge in [0.25, 0.3) is 0 Å². The summed E-state index contributed by atoms with van der Waals surface area (Å²) in [6.07, 6.45) is 0. The van der Waals surface area contributed by atoms with Crippen molar-refractivity contribution in [2.75, 3.05) is 5.01 Å². The van der Waals surface area contributed by atoms with E-state index in [0.717, 1.165) is 32.6 Å². The van der Waals surface area contributed by atoms with Crippen molar-refractivity contribution in [3.05, 3.63) is 106 Å². The highest BCUT2D eigenvalue weighted by Gasteiger charge is 2.24. The summed E-state index contributed by atoms with van der Waals surface area (Å²) >= 11 is 7.78. The van der Waals surface area contributed by atoms with Crippen molar-refractivity contribution in [2.24, 2.45) is 5.10 Å². The zero-order chi connectivity index (χ0) is 17.9. The average Bonchev–Trinajstić information content (AvgIpc) is 2.70. The van der Waals surface area contributed by atoms with Crippen LogP contribution in [-0.2, 0) is 0 Å². The normalized spacial score (nSPS) is 14.4. The van der Waals surface area contributed by atoms with Crippen LogP contribution in [0.25, 0.3) is 5.70 Å². The molecule has 0 amide bonds. The topological polar surface area (TPSA) is 15.6 Å². The summed E-state index contributed by atoms with van der Waals surface area (Å²) in [6.45, 7) is 2.14. The molecule has 0 saturated carbocycles. The molecule has 4 rings (SSSR count). The van der Waals surface area contributed by atoms with Gasteiger partial charge in [-0.05, 0) is 31.2 Å². The molecular formula is C22H17ClN2S. The van der Waals surface area contributed by atoms with Gasteiger partial charge in [-0.2, -0.15) is 5.10 Å². The third-order valence-electron chi connectivity index (χ3n) is 4.13. The Morgan fingerprint density at radius 3 is 2.04 bits per heavy atom. The van der Waals surface area contributed by atoms with E-state index in [2.05, 4.69) is 31.2 Å². The lowest BCUT2D eigenvalue weighted by Gasteiger charge is -2.29. The van der Waals surface area contributed by atoms with Crippen molar-refractivity contribution in [3.63, 3.8) is 0 Å². The van der Waals surface area contributed by atoms with E-state index < -0.39 is 0 Å². The van der Waals surface area contributed by atoms with E-state index in [0.29, 0.717) is 0 Å². The van der Waals surface area contributed by atoms with Gasteiger partial charge >= 0.3 is 0 Å². The molecule has 3 aromatic rings. The van der Waals surface area contributed by atoms with Gasteiger partial charge in [-0.25, -0.2) is 5.01 Å². The number of halogens is 1. The molecule has 2 nitrogen and oxygen atoms in total. The fourth-order valence-corrected chi connectivity index (χ4v) is 3.98. The number of allylic oxidation sites excluding steroid dienone is 1. The van der Waals surface area contributed by atoms with Gasteiger partial charge in [0.05, 0.1) is 11.4 Å². The quantitative estimate of drug-likeness (QED) is 0.508. The van der Waals surface area contributed by atoms with Gasteiger partial charge in [-0.3, -0.25) is 0 Å². The molecule has 0 radical (unpaired) electrons. The number of rotatable bonds is 3. The van der Waals surface area contributed by atoms with Gasteiger partial charge < -0.3 is 0 Å². The summed E-state index contributed by atoms with van der Waals surface area (Å²) in [5, 5.41) is 8.72. The van der Waals surface area contributed by atoms with Crippen molar-refractivity contribution in [3.8, 4) is 0 Å². The largest absolute Gasteiger partial charge is 0.231 e. The molecule has 0 atom stereocenters. The molecule has 0 saturated heterocycles. The predicted molar refractivity (Wildman–Crippen MR) is 114 cm³/mol. The summed E-state index contributed by atoms with van der Waals surface area (Å²) < 4.78 is 0. The van der Waals surface area contributed by atoms with Crippen LogP contribution in [0.4, 0.5) is 5.69 Å². The SMILES string of the molecule is CC1=C(c2ccc(Cl)cc2)N(c2ccccc2)N=C(c2ccccc2)S1. The Hall–Kier alpha value is -2.49. The minimum absolute atomic E-state index is 0.732. The highest BCUT2D eigenvalue weighted by atomic mass is 35.5. The Balaban J connectivity index is 1.84. The van der Waals surface area contributed by atoms with E-state index in [1.807, 2.05) is 65.7 Å². The minimum atomic E-state index is 0.732. The lowest BCUT2D eigenvalue weighted by Crippen LogP contribution is -2.21. The molecule has 0 aliphatic carbocycles. The van der Waals surface area contributed by atoms with E-state index in [-0.39, 0.29) is 0 Å². The first-order valence-corrected chi connectivity index (χ1v) is 9.56. The van der Waals surface area contributed by atoms with Crippen molar-refractivity contribution in [1.82, 2.24) is 0 Å². The Labute approximate surface area is 162 Å². The van der Waals surface area contributed by atoms with Crippen molar-refractivity contribution in [1.29, 1.82) is 0 Å². The Morgan fingerprint density at radius 2 is 1.38 bits per heavy atom. The first kappa shape index (κ1) is 17.0. The van der Waals surface area contributed by atoms with Crippen LogP contribution in [0.5, 0.6) is 0 Å². The van der Waals surface area contributed by atoms with Crippen LogP contribution in [0.3, 0.4) is 0 Å². The monoisotopic (exact) mass is 376 g/mol. The molecule has 0 spiro atoms. The number of benzene rings is 3. The molecule has 0 fully saturated rings. The van der Waals surface area contributed by atoms with Gasteiger partial charge in [0, 0.05) is 21.1 Å². The van der Waals surface area contributed by atoms with E-state index in [4.69, 9.17) is 16.7 Å². The van der Waals surface area contributed by atoms with Crippen molar-refractivity contribution < 1.29 is 0 Å². The van der Waals surface area contributed by atoms with E-state index in [1.54, 1.807) is 11.8 Å². The van der Waals surface area contributed by atoms with Gasteiger partial charge in [0.15, 0.2) is 0 Å². The number of hydrazone groups is 1. The first-order valence-electron chi connectivity index (χ1n) is 8.36. The third kappa shape index (κ3) is 3.41. The van der Waals surface area contributed by atoms with Crippen molar-refractivity contribution >= 4 is 39.8 Å². The average molecular weight is 377 g/mol. The van der Waals surface area contributed by atoms with E-state index in [9.17, 15) is 0 Å². The highest BCUT2D eigenvalue weighted by Crippen LogP contribution is 2.39. The second-order valence-corrected chi connectivity index (χ2v) is 7.57. The Kier molecular flexibility index (Phi) is 4.83. The van der Waals surface area contributed by atoms with E-state index in [1.165, 1.54) is 4.91 Å². The van der Waals surface area contributed by atoms with Crippen LogP contribution in [0.1, 0.15) is 18.1 Å². The standard InChI is InChI=1S/C22H17ClN2S/c1-16-21(17-12-14-19(23)15-13-17)25(20-10-6-3-7-11-20)24-22(26-16)18-8-4-2-5-9-18/h2-15H,1H3. The summed E-state index contributed by atoms with van der Waals surface area (Å²) in [4.78, 5) is 1.20. The Morgan fingerprint density at radius 1 is 0.769 bits per heavy atom. The fraction of sp³-hybridized carbons (Fsp3) is 0.0455. The van der Waals surface area contributed by atoms with Crippen LogP contribution < -0.4 is 5.01 Å². The summed E-state index contributed by atoms with van der Waals surface area (Å²) in [6, 6.07) is 28.4. The summed E-state index contributed by atoms with van der Waals surface area (Å²) in [7, 11) is 0. The molecule has 26 heavy (non-hydrogen) atoms. The summed E-state index contributed by atoms with van der Waals surface area (Å²) in [5.74, 6) is 0. The molecule has 4 heteroatoms.